The summed E-state index contributed by atoms with van der Waals surface area (Å²) in [4.78, 5) is 26.1. The highest BCUT2D eigenvalue weighted by Gasteiger charge is 2.42. The van der Waals surface area contributed by atoms with Gasteiger partial charge in [0.2, 0.25) is 11.7 Å². The van der Waals surface area contributed by atoms with Gasteiger partial charge in [0.05, 0.1) is 49.0 Å². The van der Waals surface area contributed by atoms with Crippen LogP contribution in [0.15, 0.2) is 71.4 Å². The van der Waals surface area contributed by atoms with Crippen molar-refractivity contribution in [3.63, 3.8) is 0 Å². The van der Waals surface area contributed by atoms with Gasteiger partial charge in [-0.1, -0.05) is 41.4 Å². The van der Waals surface area contributed by atoms with Crippen molar-refractivity contribution in [3.8, 4) is 17.2 Å². The van der Waals surface area contributed by atoms with E-state index in [1.807, 2.05) is 17.0 Å². The number of aromatic nitrogens is 2. The van der Waals surface area contributed by atoms with Crippen LogP contribution in [-0.4, -0.2) is 92.4 Å². The molecule has 0 saturated carbocycles. The van der Waals surface area contributed by atoms with Gasteiger partial charge in [0.25, 0.3) is 5.91 Å². The number of fused-ring (bicyclic) bond motifs is 1. The van der Waals surface area contributed by atoms with Crippen LogP contribution < -0.4 is 19.1 Å². The van der Waals surface area contributed by atoms with Crippen LogP contribution in [0.5, 0.6) is 17.2 Å². The number of likely N-dealkylation sites (tertiary alicyclic amines) is 1. The summed E-state index contributed by atoms with van der Waals surface area (Å²) in [5.41, 5.74) is 4.80. The predicted molar refractivity (Wildman–Crippen MR) is 206 cm³/mol. The Morgan fingerprint density at radius 1 is 0.902 bits per heavy atom. The number of benzene rings is 3. The van der Waals surface area contributed by atoms with E-state index < -0.39 is 0 Å². The maximum atomic E-state index is 14.0. The first-order valence-corrected chi connectivity index (χ1v) is 19.0. The first kappa shape index (κ1) is 35.4. The van der Waals surface area contributed by atoms with Gasteiger partial charge in [-0.25, -0.2) is 4.98 Å². The van der Waals surface area contributed by atoms with Crippen LogP contribution in [0.25, 0.3) is 11.0 Å². The topological polar surface area (TPSA) is 72.3 Å². The van der Waals surface area contributed by atoms with E-state index in [1.165, 1.54) is 5.56 Å². The highest BCUT2D eigenvalue weighted by molar-refractivity contribution is 7.07. The third-order valence-corrected chi connectivity index (χ3v) is 11.9. The molecule has 0 radical (unpaired) electrons. The number of imidazole rings is 1. The number of ether oxygens (including phenoxy) is 3. The third kappa shape index (κ3) is 7.24. The van der Waals surface area contributed by atoms with Crippen LogP contribution in [0, 0.1) is 0 Å². The monoisotopic (exact) mass is 747 g/mol. The molecule has 9 nitrogen and oxygen atoms in total. The molecule has 268 valence electrons. The number of nitrogens with zero attached hydrogens (tertiary/aromatic N) is 5. The zero-order chi connectivity index (χ0) is 35.5. The molecular weight excluding hydrogens is 705 g/mol. The normalized spacial score (nSPS) is 18.3. The number of carbonyl (C=O) groups excluding carboxylic acids is 1. The number of anilines is 1. The summed E-state index contributed by atoms with van der Waals surface area (Å²) in [7, 11) is 4.67. The molecule has 0 aliphatic carbocycles. The molecule has 1 unspecified atom stereocenters. The van der Waals surface area contributed by atoms with E-state index in [0.29, 0.717) is 45.9 Å². The fourth-order valence-electron chi connectivity index (χ4n) is 7.63. The molecule has 51 heavy (non-hydrogen) atoms. The van der Waals surface area contributed by atoms with Gasteiger partial charge < -0.3 is 33.5 Å². The van der Waals surface area contributed by atoms with Crippen LogP contribution in [0.1, 0.15) is 40.7 Å². The lowest BCUT2D eigenvalue weighted by atomic mass is 9.76. The summed E-state index contributed by atoms with van der Waals surface area (Å²) < 4.78 is 18.9. The number of methoxy groups -OCH3 is 3. The molecule has 1 atom stereocenters. The van der Waals surface area contributed by atoms with Gasteiger partial charge in [-0.3, -0.25) is 4.79 Å². The molecule has 5 aromatic rings. The Morgan fingerprint density at radius 2 is 1.71 bits per heavy atom. The average Bonchev–Trinajstić information content (AvgIpc) is 3.88. The molecule has 2 aromatic heterocycles. The number of para-hydroxylation sites is 2. The Balaban J connectivity index is 1.09. The van der Waals surface area contributed by atoms with Crippen LogP contribution in [0.3, 0.4) is 0 Å². The lowest BCUT2D eigenvalue weighted by molar-refractivity contribution is 0.0780. The van der Waals surface area contributed by atoms with Crippen molar-refractivity contribution in [1.29, 1.82) is 0 Å². The zero-order valence-electron chi connectivity index (χ0n) is 29.2. The van der Waals surface area contributed by atoms with E-state index in [0.717, 1.165) is 81.1 Å². The Morgan fingerprint density at radius 3 is 2.43 bits per heavy atom. The molecule has 12 heteroatoms. The summed E-state index contributed by atoms with van der Waals surface area (Å²) in [6.45, 7) is 6.62. The van der Waals surface area contributed by atoms with E-state index in [9.17, 15) is 4.79 Å². The minimum Gasteiger partial charge on any atom is -0.493 e. The number of amides is 1. The fraction of sp³-hybridized carbons (Fsp3) is 0.385. The summed E-state index contributed by atoms with van der Waals surface area (Å²) in [5, 5.41) is 5.40. The third-order valence-electron chi connectivity index (χ3n) is 10.4. The van der Waals surface area contributed by atoms with Gasteiger partial charge in [-0.2, -0.15) is 11.3 Å². The smallest absolute Gasteiger partial charge is 0.254 e. The Labute approximate surface area is 313 Å². The average molecular weight is 749 g/mol. The molecule has 1 amide bonds. The van der Waals surface area contributed by atoms with E-state index in [2.05, 4.69) is 61.5 Å². The molecule has 0 bridgehead atoms. The van der Waals surface area contributed by atoms with Gasteiger partial charge in [-0.05, 0) is 96.7 Å². The molecule has 2 aliphatic rings. The SMILES string of the molecule is COc1cc(C(=O)N2CCC(CCN3CCCN(c4nc5ccccc5n4Cc4ccsc4)CC3)(c3ccc(Cl)c(Cl)c3)C2)cc(OC)c1OC. The molecule has 7 rings (SSSR count). The minimum absolute atomic E-state index is 0.0769. The van der Waals surface area contributed by atoms with E-state index in [-0.39, 0.29) is 11.3 Å². The number of thiophene rings is 1. The molecule has 3 aromatic carbocycles. The number of hydrogen-bond donors (Lipinski definition) is 0. The fourth-order valence-corrected chi connectivity index (χ4v) is 8.59. The highest BCUT2D eigenvalue weighted by Crippen LogP contribution is 2.43. The summed E-state index contributed by atoms with van der Waals surface area (Å²) in [6.07, 6.45) is 2.72. The van der Waals surface area contributed by atoms with Gasteiger partial charge in [0.1, 0.15) is 0 Å². The molecule has 2 saturated heterocycles. The number of halogens is 2. The maximum absolute atomic E-state index is 14.0. The quantitative estimate of drug-likeness (QED) is 0.136. The van der Waals surface area contributed by atoms with Crippen molar-refractivity contribution in [3.05, 3.63) is 98.2 Å². The molecule has 2 fully saturated rings. The van der Waals surface area contributed by atoms with E-state index in [4.69, 9.17) is 42.4 Å². The molecule has 0 N–H and O–H groups in total. The second kappa shape index (κ2) is 15.3. The minimum atomic E-state index is -0.287. The molecule has 0 spiro atoms. The van der Waals surface area contributed by atoms with Gasteiger partial charge >= 0.3 is 0 Å². The number of rotatable bonds is 11. The molecule has 4 heterocycles. The van der Waals surface area contributed by atoms with E-state index >= 15 is 0 Å². The predicted octanol–water partition coefficient (Wildman–Crippen LogP) is 7.87. The van der Waals surface area contributed by atoms with Crippen molar-refractivity contribution >= 4 is 57.4 Å². The van der Waals surface area contributed by atoms with Gasteiger partial charge in [0.15, 0.2) is 11.5 Å². The first-order chi connectivity index (χ1) is 24.8. The Hall–Kier alpha value is -3.96. The van der Waals surface area contributed by atoms with Crippen molar-refractivity contribution in [2.24, 2.45) is 0 Å². The van der Waals surface area contributed by atoms with Crippen molar-refractivity contribution in [2.45, 2.75) is 31.2 Å². The number of hydrogen-bond acceptors (Lipinski definition) is 8. The van der Waals surface area contributed by atoms with Crippen molar-refractivity contribution in [1.82, 2.24) is 19.4 Å². The van der Waals surface area contributed by atoms with Gasteiger partial charge in [-0.15, -0.1) is 0 Å². The first-order valence-electron chi connectivity index (χ1n) is 17.3. The summed E-state index contributed by atoms with van der Waals surface area (Å²) >= 11 is 14.7. The van der Waals surface area contributed by atoms with Crippen LogP contribution >= 0.6 is 34.5 Å². The van der Waals surface area contributed by atoms with Crippen LogP contribution in [-0.2, 0) is 12.0 Å². The lowest BCUT2D eigenvalue weighted by Gasteiger charge is -2.33. The molecular formula is C39H43Cl2N5O4S. The summed E-state index contributed by atoms with van der Waals surface area (Å²) in [5.74, 6) is 2.32. The Kier molecular flexibility index (Phi) is 10.7. The van der Waals surface area contributed by atoms with Crippen molar-refractivity contribution < 1.29 is 19.0 Å². The Bertz CT molecular complexity index is 1980. The van der Waals surface area contributed by atoms with Crippen LogP contribution in [0.4, 0.5) is 5.95 Å². The van der Waals surface area contributed by atoms with Crippen LogP contribution in [0.2, 0.25) is 10.0 Å². The van der Waals surface area contributed by atoms with Gasteiger partial charge in [0, 0.05) is 43.7 Å². The van der Waals surface area contributed by atoms with E-state index in [1.54, 1.807) is 44.8 Å². The van der Waals surface area contributed by atoms with Crippen molar-refractivity contribution in [2.75, 3.05) is 72.0 Å². The second-order valence-electron chi connectivity index (χ2n) is 13.4. The zero-order valence-corrected chi connectivity index (χ0v) is 31.6. The molecule has 2 aliphatic heterocycles. The summed E-state index contributed by atoms with van der Waals surface area (Å²) in [6, 6.07) is 20.0. The second-order valence-corrected chi connectivity index (χ2v) is 14.9. The standard InChI is InChI=1S/C39H43Cl2N5O4S/c1-48-34-21-28(22-35(49-2)36(34)50-3)37(47)45-17-13-39(26-45,29-9-10-30(40)31(41)23-29)12-16-43-14-6-15-44(19-18-43)38-42-32-7-4-5-8-33(32)46(38)24-27-11-20-51-25-27/h4-5,7-11,20-23,25H,6,12-19,24,26H2,1-3H3. The highest BCUT2D eigenvalue weighted by atomic mass is 35.5. The largest absolute Gasteiger partial charge is 0.493 e. The lowest BCUT2D eigenvalue weighted by Crippen LogP contribution is -2.39. The number of carbonyl (C=O) groups is 1. The maximum Gasteiger partial charge on any atom is 0.254 e.